The van der Waals surface area contributed by atoms with Crippen molar-refractivity contribution in [2.75, 3.05) is 24.5 Å². The average Bonchev–Trinajstić information content (AvgIpc) is 3.07. The van der Waals surface area contributed by atoms with Gasteiger partial charge in [0.2, 0.25) is 10.0 Å². The highest BCUT2D eigenvalue weighted by atomic mass is 32.2. The van der Waals surface area contributed by atoms with Gasteiger partial charge in [-0.15, -0.1) is 11.3 Å². The van der Waals surface area contributed by atoms with E-state index in [-0.39, 0.29) is 5.91 Å². The first-order valence-electron chi connectivity index (χ1n) is 8.89. The molecule has 140 valence electrons. The monoisotopic (exact) mass is 392 g/mol. The van der Waals surface area contributed by atoms with Crippen molar-refractivity contribution in [1.29, 1.82) is 0 Å². The quantitative estimate of drug-likeness (QED) is 0.780. The van der Waals surface area contributed by atoms with Crippen LogP contribution in [0.5, 0.6) is 0 Å². The van der Waals surface area contributed by atoms with Crippen molar-refractivity contribution < 1.29 is 13.2 Å². The number of sulfonamides is 1. The van der Waals surface area contributed by atoms with Gasteiger partial charge in [0.1, 0.15) is 0 Å². The van der Waals surface area contributed by atoms with E-state index < -0.39 is 10.0 Å². The first-order valence-corrected chi connectivity index (χ1v) is 11.2. The van der Waals surface area contributed by atoms with E-state index in [1.807, 2.05) is 32.2 Å². The lowest BCUT2D eigenvalue weighted by Crippen LogP contribution is -2.36. The number of carbonyl (C=O) groups is 1. The Bertz CT molecular complexity index is 915. The van der Waals surface area contributed by atoms with Crippen molar-refractivity contribution in [3.8, 4) is 0 Å². The zero-order valence-electron chi connectivity index (χ0n) is 15.4. The number of hydrogen-bond donors (Lipinski definition) is 0. The molecular weight excluding hydrogens is 368 g/mol. The number of aryl methyl sites for hydroxylation is 2. The van der Waals surface area contributed by atoms with Gasteiger partial charge in [-0.3, -0.25) is 4.79 Å². The Morgan fingerprint density at radius 3 is 2.58 bits per heavy atom. The van der Waals surface area contributed by atoms with Crippen molar-refractivity contribution in [2.24, 2.45) is 0 Å². The molecule has 7 heteroatoms. The van der Waals surface area contributed by atoms with Gasteiger partial charge in [0, 0.05) is 25.3 Å². The van der Waals surface area contributed by atoms with E-state index in [0.717, 1.165) is 34.5 Å². The molecule has 0 saturated carbocycles. The third-order valence-electron chi connectivity index (χ3n) is 4.81. The summed E-state index contributed by atoms with van der Waals surface area (Å²) >= 11 is 1.45. The number of thiophene rings is 1. The van der Waals surface area contributed by atoms with Crippen molar-refractivity contribution in [2.45, 2.75) is 38.5 Å². The summed E-state index contributed by atoms with van der Waals surface area (Å²) in [7, 11) is -3.49. The topological polar surface area (TPSA) is 57.7 Å². The van der Waals surface area contributed by atoms with Crippen molar-refractivity contribution in [3.05, 3.63) is 45.6 Å². The van der Waals surface area contributed by atoms with E-state index in [2.05, 4.69) is 0 Å². The summed E-state index contributed by atoms with van der Waals surface area (Å²) in [6, 6.07) is 7.09. The average molecular weight is 393 g/mol. The predicted molar refractivity (Wildman–Crippen MR) is 106 cm³/mol. The molecule has 0 unspecified atom stereocenters. The molecule has 0 spiro atoms. The Morgan fingerprint density at radius 2 is 1.96 bits per heavy atom. The number of fused-ring (bicyclic) bond motifs is 1. The minimum atomic E-state index is -3.49. The van der Waals surface area contributed by atoms with Gasteiger partial charge in [-0.25, -0.2) is 8.42 Å². The van der Waals surface area contributed by atoms with E-state index in [0.29, 0.717) is 24.5 Å². The van der Waals surface area contributed by atoms with E-state index in [4.69, 9.17) is 0 Å². The summed E-state index contributed by atoms with van der Waals surface area (Å²) in [4.78, 5) is 15.8. The number of anilines is 1. The number of carbonyl (C=O) groups excluding carboxylic acids is 1. The highest BCUT2D eigenvalue weighted by molar-refractivity contribution is 7.89. The molecule has 2 aromatic rings. The number of hydrogen-bond acceptors (Lipinski definition) is 4. The van der Waals surface area contributed by atoms with Gasteiger partial charge in [-0.2, -0.15) is 4.31 Å². The predicted octanol–water partition coefficient (Wildman–Crippen LogP) is 3.68. The fourth-order valence-corrected chi connectivity index (χ4v) is 5.75. The van der Waals surface area contributed by atoms with E-state index >= 15 is 0 Å². The van der Waals surface area contributed by atoms with Crippen LogP contribution in [0.25, 0.3) is 0 Å². The second-order valence-corrected chi connectivity index (χ2v) is 9.23. The van der Waals surface area contributed by atoms with Crippen LogP contribution < -0.4 is 4.90 Å². The number of amides is 1. The number of nitrogens with zero attached hydrogens (tertiary/aromatic N) is 2. The zero-order valence-corrected chi connectivity index (χ0v) is 17.0. The van der Waals surface area contributed by atoms with Gasteiger partial charge >= 0.3 is 0 Å². The molecule has 1 aliphatic rings. The lowest BCUT2D eigenvalue weighted by atomic mass is 10.0. The molecule has 5 nitrogen and oxygen atoms in total. The van der Waals surface area contributed by atoms with E-state index in [1.165, 1.54) is 15.6 Å². The van der Waals surface area contributed by atoms with Crippen molar-refractivity contribution in [3.63, 3.8) is 0 Å². The lowest BCUT2D eigenvalue weighted by Gasteiger charge is -2.30. The van der Waals surface area contributed by atoms with Crippen LogP contribution in [0.3, 0.4) is 0 Å². The number of rotatable bonds is 5. The molecule has 0 atom stereocenters. The molecule has 1 aromatic heterocycles. The maximum atomic E-state index is 12.9. The number of benzene rings is 1. The smallest absolute Gasteiger partial charge is 0.268 e. The Morgan fingerprint density at radius 1 is 1.23 bits per heavy atom. The summed E-state index contributed by atoms with van der Waals surface area (Å²) in [6.45, 7) is 7.16. The van der Waals surface area contributed by atoms with E-state index in [9.17, 15) is 13.2 Å². The van der Waals surface area contributed by atoms with Crippen LogP contribution in [0.15, 0.2) is 34.5 Å². The molecule has 0 radical (unpaired) electrons. The molecule has 26 heavy (non-hydrogen) atoms. The third-order valence-corrected chi connectivity index (χ3v) is 7.86. The molecule has 3 rings (SSSR count). The highest BCUT2D eigenvalue weighted by Crippen LogP contribution is 2.32. The largest absolute Gasteiger partial charge is 0.307 e. The van der Waals surface area contributed by atoms with Crippen molar-refractivity contribution >= 4 is 33.0 Å². The normalized spacial score (nSPS) is 14.5. The fourth-order valence-electron chi connectivity index (χ4n) is 3.37. The van der Waals surface area contributed by atoms with Crippen LogP contribution in [0.1, 0.15) is 41.1 Å². The molecule has 0 N–H and O–H groups in total. The Balaban J connectivity index is 1.98. The molecule has 0 fully saturated rings. The summed E-state index contributed by atoms with van der Waals surface area (Å²) in [6.07, 6.45) is 1.61. The summed E-state index contributed by atoms with van der Waals surface area (Å²) in [5, 5.41) is 1.92. The summed E-state index contributed by atoms with van der Waals surface area (Å²) in [5.74, 6) is -0.00204. The van der Waals surface area contributed by atoms with Gasteiger partial charge in [-0.05, 0) is 60.5 Å². The van der Waals surface area contributed by atoms with E-state index in [1.54, 1.807) is 23.1 Å². The fraction of sp³-hybridized carbons (Fsp3) is 0.421. The third kappa shape index (κ3) is 3.31. The lowest BCUT2D eigenvalue weighted by molar-refractivity contribution is 0.0988. The second kappa shape index (κ2) is 7.50. The van der Waals surface area contributed by atoms with Crippen molar-refractivity contribution in [1.82, 2.24) is 4.31 Å². The first kappa shape index (κ1) is 19.1. The molecule has 0 aliphatic carbocycles. The maximum absolute atomic E-state index is 12.9. The molecule has 0 bridgehead atoms. The van der Waals surface area contributed by atoms with Gasteiger partial charge in [0.15, 0.2) is 0 Å². The van der Waals surface area contributed by atoms with Gasteiger partial charge in [-0.1, -0.05) is 13.8 Å². The Kier molecular flexibility index (Phi) is 5.50. The van der Waals surface area contributed by atoms with Crippen LogP contribution in [0, 0.1) is 6.92 Å². The van der Waals surface area contributed by atoms with Gasteiger partial charge in [0.25, 0.3) is 5.91 Å². The van der Waals surface area contributed by atoms with Crippen LogP contribution in [0.2, 0.25) is 0 Å². The van der Waals surface area contributed by atoms with Crippen LogP contribution in [-0.2, 0) is 16.4 Å². The molecule has 1 aliphatic heterocycles. The van der Waals surface area contributed by atoms with Gasteiger partial charge in [0.05, 0.1) is 9.77 Å². The minimum Gasteiger partial charge on any atom is -0.307 e. The molecule has 1 aromatic carbocycles. The molecular formula is C19H24N2O3S2. The van der Waals surface area contributed by atoms with Crippen LogP contribution in [0.4, 0.5) is 5.69 Å². The molecule has 1 amide bonds. The van der Waals surface area contributed by atoms with Crippen LogP contribution >= 0.6 is 11.3 Å². The van der Waals surface area contributed by atoms with Gasteiger partial charge < -0.3 is 4.90 Å². The summed E-state index contributed by atoms with van der Waals surface area (Å²) in [5.41, 5.74) is 2.73. The summed E-state index contributed by atoms with van der Waals surface area (Å²) < 4.78 is 27.0. The Hall–Kier alpha value is -1.70. The standard InChI is InChI=1S/C19H24N2O3S2/c1-4-20(5-2)26(23,24)16-8-9-17-15(13-16)7-6-11-21(17)19(22)18-14(3)10-12-25-18/h8-10,12-13H,4-7,11H2,1-3H3. The first-order chi connectivity index (χ1) is 12.4. The SMILES string of the molecule is CCN(CC)S(=O)(=O)c1ccc2c(c1)CCCN2C(=O)c1sccc1C. The zero-order chi connectivity index (χ0) is 18.9. The molecule has 2 heterocycles. The Labute approximate surface area is 159 Å². The molecule has 0 saturated heterocycles. The second-order valence-electron chi connectivity index (χ2n) is 6.37. The van der Waals surface area contributed by atoms with Crippen LogP contribution in [-0.4, -0.2) is 38.3 Å². The minimum absolute atomic E-state index is 0.00204. The maximum Gasteiger partial charge on any atom is 0.268 e. The highest BCUT2D eigenvalue weighted by Gasteiger charge is 2.28.